The summed E-state index contributed by atoms with van der Waals surface area (Å²) in [4.78, 5) is 12.2. The van der Waals surface area contributed by atoms with Crippen molar-refractivity contribution in [1.29, 1.82) is 0 Å². The van der Waals surface area contributed by atoms with Gasteiger partial charge in [0.15, 0.2) is 0 Å². The van der Waals surface area contributed by atoms with Crippen LogP contribution in [0.4, 0.5) is 4.79 Å². The number of hydrogen-bond donors (Lipinski definition) is 2. The van der Waals surface area contributed by atoms with Gasteiger partial charge in [-0.15, -0.1) is 0 Å². The summed E-state index contributed by atoms with van der Waals surface area (Å²) in [6, 6.07) is 6.51. The molecule has 1 aromatic rings. The lowest BCUT2D eigenvalue weighted by molar-refractivity contribution is 0.116. The molecule has 0 unspecified atom stereocenters. The second kappa shape index (κ2) is 5.46. The number of aliphatic hydroxyl groups is 1. The molecule has 1 fully saturated rings. The molecule has 0 radical (unpaired) electrons. The molecule has 1 aliphatic heterocycles. The second-order valence-electron chi connectivity index (χ2n) is 4.20. The number of nitrogens with zero attached hydrogens (tertiary/aromatic N) is 1. The summed E-state index contributed by atoms with van der Waals surface area (Å²) in [6.45, 7) is 0.0793. The number of rotatable bonds is 3. The Balaban J connectivity index is 1.99. The third-order valence-corrected chi connectivity index (χ3v) is 3.20. The largest absolute Gasteiger partial charge is 0.489 e. The summed E-state index contributed by atoms with van der Waals surface area (Å²) in [5, 5.41) is 18.7. The van der Waals surface area contributed by atoms with Crippen LogP contribution in [0.25, 0.3) is 0 Å². The van der Waals surface area contributed by atoms with Gasteiger partial charge in [0.25, 0.3) is 0 Å². The van der Waals surface area contributed by atoms with E-state index < -0.39 is 6.09 Å². The fourth-order valence-electron chi connectivity index (χ4n) is 2.07. The van der Waals surface area contributed by atoms with E-state index in [1.165, 1.54) is 4.90 Å². The van der Waals surface area contributed by atoms with Crippen LogP contribution in [0.5, 0.6) is 5.75 Å². The Labute approximate surface area is 110 Å². The van der Waals surface area contributed by atoms with Crippen molar-refractivity contribution in [2.24, 2.45) is 0 Å². The van der Waals surface area contributed by atoms with Crippen molar-refractivity contribution in [2.45, 2.75) is 18.6 Å². The van der Waals surface area contributed by atoms with Gasteiger partial charge in [-0.2, -0.15) is 0 Å². The Morgan fingerprint density at radius 1 is 1.44 bits per heavy atom. The van der Waals surface area contributed by atoms with E-state index in [1.54, 1.807) is 24.3 Å². The lowest BCUT2D eigenvalue weighted by Crippen LogP contribution is -2.36. The van der Waals surface area contributed by atoms with Crippen molar-refractivity contribution in [2.75, 3.05) is 13.2 Å². The molecule has 0 spiro atoms. The highest BCUT2D eigenvalue weighted by Crippen LogP contribution is 2.24. The maximum absolute atomic E-state index is 11.0. The second-order valence-corrected chi connectivity index (χ2v) is 4.64. The molecular formula is C12H14ClNO4. The van der Waals surface area contributed by atoms with Gasteiger partial charge in [-0.25, -0.2) is 4.79 Å². The highest BCUT2D eigenvalue weighted by atomic mass is 35.5. The van der Waals surface area contributed by atoms with Gasteiger partial charge in [0.1, 0.15) is 11.9 Å². The van der Waals surface area contributed by atoms with Gasteiger partial charge in [-0.05, 0) is 24.3 Å². The van der Waals surface area contributed by atoms with Crippen molar-refractivity contribution in [1.82, 2.24) is 4.90 Å². The third-order valence-electron chi connectivity index (χ3n) is 2.95. The van der Waals surface area contributed by atoms with E-state index in [4.69, 9.17) is 26.6 Å². The van der Waals surface area contributed by atoms with Crippen molar-refractivity contribution < 1.29 is 19.7 Å². The van der Waals surface area contributed by atoms with E-state index in [2.05, 4.69) is 0 Å². The smallest absolute Gasteiger partial charge is 0.407 e. The predicted molar refractivity (Wildman–Crippen MR) is 66.1 cm³/mol. The van der Waals surface area contributed by atoms with Gasteiger partial charge in [-0.3, -0.25) is 4.90 Å². The standard InChI is InChI=1S/C12H14ClNO4/c13-8-1-3-10(4-2-8)18-11-5-9(7-15)14(6-11)12(16)17/h1-4,9,11,15H,5-7H2,(H,16,17)/t9-,11-/m0/s1. The molecule has 1 amide bonds. The van der Waals surface area contributed by atoms with Crippen LogP contribution in [-0.2, 0) is 0 Å². The van der Waals surface area contributed by atoms with Crippen molar-refractivity contribution in [3.8, 4) is 5.75 Å². The predicted octanol–water partition coefficient (Wildman–Crippen LogP) is 1.83. The maximum Gasteiger partial charge on any atom is 0.407 e. The highest BCUT2D eigenvalue weighted by Gasteiger charge is 2.36. The molecule has 0 bridgehead atoms. The van der Waals surface area contributed by atoms with Gasteiger partial charge >= 0.3 is 6.09 Å². The zero-order valence-corrected chi connectivity index (χ0v) is 10.4. The van der Waals surface area contributed by atoms with Crippen LogP contribution < -0.4 is 4.74 Å². The minimum atomic E-state index is -1.03. The Bertz CT molecular complexity index is 423. The quantitative estimate of drug-likeness (QED) is 0.880. The first-order chi connectivity index (χ1) is 8.60. The number of halogens is 1. The van der Waals surface area contributed by atoms with Crippen LogP contribution in [0, 0.1) is 0 Å². The molecule has 1 aliphatic rings. The molecule has 0 aromatic heterocycles. The number of ether oxygens (including phenoxy) is 1. The van der Waals surface area contributed by atoms with E-state index in [0.29, 0.717) is 17.2 Å². The molecule has 18 heavy (non-hydrogen) atoms. The molecule has 98 valence electrons. The first-order valence-corrected chi connectivity index (χ1v) is 6.00. The van der Waals surface area contributed by atoms with Crippen LogP contribution in [0.15, 0.2) is 24.3 Å². The zero-order chi connectivity index (χ0) is 13.1. The number of aliphatic hydroxyl groups excluding tert-OH is 1. The molecule has 6 heteroatoms. The lowest BCUT2D eigenvalue weighted by atomic mass is 10.2. The average molecular weight is 272 g/mol. The molecule has 5 nitrogen and oxygen atoms in total. The molecule has 2 atom stereocenters. The SMILES string of the molecule is O=C(O)N1C[C@@H](Oc2ccc(Cl)cc2)C[C@H]1CO. The average Bonchev–Trinajstić information content (AvgIpc) is 2.75. The van der Waals surface area contributed by atoms with E-state index in [-0.39, 0.29) is 25.3 Å². The van der Waals surface area contributed by atoms with Crippen LogP contribution in [-0.4, -0.2) is 46.5 Å². The molecular weight excluding hydrogens is 258 g/mol. The van der Waals surface area contributed by atoms with E-state index >= 15 is 0 Å². The molecule has 0 saturated carbocycles. The Hall–Kier alpha value is -1.46. The maximum atomic E-state index is 11.0. The van der Waals surface area contributed by atoms with Crippen molar-refractivity contribution >= 4 is 17.7 Å². The molecule has 1 saturated heterocycles. The van der Waals surface area contributed by atoms with Crippen LogP contribution in [0.1, 0.15) is 6.42 Å². The summed E-state index contributed by atoms with van der Waals surface area (Å²) in [6.07, 6.45) is -0.776. The number of likely N-dealkylation sites (tertiary alicyclic amines) is 1. The minimum Gasteiger partial charge on any atom is -0.489 e. The molecule has 1 aromatic carbocycles. The topological polar surface area (TPSA) is 70.0 Å². The number of carbonyl (C=O) groups is 1. The Morgan fingerprint density at radius 3 is 2.61 bits per heavy atom. The molecule has 1 heterocycles. The first kappa shape index (κ1) is 13.0. The van der Waals surface area contributed by atoms with Crippen molar-refractivity contribution in [3.63, 3.8) is 0 Å². The summed E-state index contributed by atoms with van der Waals surface area (Å²) in [5.41, 5.74) is 0. The molecule has 0 aliphatic carbocycles. The summed E-state index contributed by atoms with van der Waals surface area (Å²) in [5.74, 6) is 0.647. The first-order valence-electron chi connectivity index (χ1n) is 5.63. The Kier molecular flexibility index (Phi) is 3.93. The number of amides is 1. The number of carboxylic acid groups (broad SMARTS) is 1. The van der Waals surface area contributed by atoms with E-state index in [9.17, 15) is 4.79 Å². The molecule has 2 N–H and O–H groups in total. The molecule has 2 rings (SSSR count). The van der Waals surface area contributed by atoms with Gasteiger partial charge in [0, 0.05) is 11.4 Å². The van der Waals surface area contributed by atoms with E-state index in [1.807, 2.05) is 0 Å². The fourth-order valence-corrected chi connectivity index (χ4v) is 2.20. The van der Waals surface area contributed by atoms with Crippen LogP contribution in [0.2, 0.25) is 5.02 Å². The fraction of sp³-hybridized carbons (Fsp3) is 0.417. The summed E-state index contributed by atoms with van der Waals surface area (Å²) in [7, 11) is 0. The minimum absolute atomic E-state index is 0.188. The Morgan fingerprint density at radius 2 is 2.11 bits per heavy atom. The monoisotopic (exact) mass is 271 g/mol. The number of hydrogen-bond acceptors (Lipinski definition) is 3. The van der Waals surface area contributed by atoms with Crippen LogP contribution >= 0.6 is 11.6 Å². The summed E-state index contributed by atoms with van der Waals surface area (Å²) >= 11 is 5.76. The van der Waals surface area contributed by atoms with Gasteiger partial charge in [0.2, 0.25) is 0 Å². The van der Waals surface area contributed by atoms with E-state index in [0.717, 1.165) is 0 Å². The summed E-state index contributed by atoms with van der Waals surface area (Å²) < 4.78 is 5.67. The zero-order valence-electron chi connectivity index (χ0n) is 9.62. The number of benzene rings is 1. The normalized spacial score (nSPS) is 23.1. The lowest BCUT2D eigenvalue weighted by Gasteiger charge is -2.18. The van der Waals surface area contributed by atoms with Gasteiger partial charge in [-0.1, -0.05) is 11.6 Å². The van der Waals surface area contributed by atoms with Gasteiger partial charge < -0.3 is 14.9 Å². The van der Waals surface area contributed by atoms with Gasteiger partial charge in [0.05, 0.1) is 19.2 Å². The third kappa shape index (κ3) is 2.86. The van der Waals surface area contributed by atoms with Crippen molar-refractivity contribution in [3.05, 3.63) is 29.3 Å². The van der Waals surface area contributed by atoms with Crippen LogP contribution in [0.3, 0.4) is 0 Å². The highest BCUT2D eigenvalue weighted by molar-refractivity contribution is 6.30.